The van der Waals surface area contributed by atoms with Gasteiger partial charge in [-0.05, 0) is 88.4 Å². The molecule has 10 heteroatoms. The summed E-state index contributed by atoms with van der Waals surface area (Å²) in [6, 6.07) is 9.27. The van der Waals surface area contributed by atoms with Crippen molar-refractivity contribution in [2.24, 2.45) is 0 Å². The van der Waals surface area contributed by atoms with Gasteiger partial charge in [0, 0.05) is 54.9 Å². The Balaban J connectivity index is 0.000000373. The number of hydrogen-bond donors (Lipinski definition) is 1. The van der Waals surface area contributed by atoms with Gasteiger partial charge in [0.2, 0.25) is 5.91 Å². The molecule has 0 saturated carbocycles. The fourth-order valence-electron chi connectivity index (χ4n) is 5.39. The summed E-state index contributed by atoms with van der Waals surface area (Å²) < 4.78 is 6.10. The molecular weight excluding hydrogens is 573 g/mol. The lowest BCUT2D eigenvalue weighted by Gasteiger charge is -2.32. The summed E-state index contributed by atoms with van der Waals surface area (Å²) in [5, 5.41) is 4.19. The number of benzene rings is 1. The maximum Gasteiger partial charge on any atom is 0.317 e. The average Bonchev–Trinajstić information content (AvgIpc) is 3.75. The van der Waals surface area contributed by atoms with Gasteiger partial charge in [0.15, 0.2) is 0 Å². The number of nitrogens with one attached hydrogen (secondary N) is 1. The van der Waals surface area contributed by atoms with Crippen LogP contribution < -0.4 is 10.1 Å². The van der Waals surface area contributed by atoms with E-state index >= 15 is 0 Å². The lowest BCUT2D eigenvalue weighted by atomic mass is 9.92. The van der Waals surface area contributed by atoms with Gasteiger partial charge in [0.05, 0.1) is 12.2 Å². The van der Waals surface area contributed by atoms with Crippen LogP contribution in [0.25, 0.3) is 0 Å². The normalized spacial score (nSPS) is 17.2. The zero-order valence-electron chi connectivity index (χ0n) is 25.4. The van der Waals surface area contributed by atoms with E-state index in [-0.39, 0.29) is 18.5 Å². The summed E-state index contributed by atoms with van der Waals surface area (Å²) in [5.41, 5.74) is 2.07. The van der Waals surface area contributed by atoms with Gasteiger partial charge in [0.25, 0.3) is 0 Å². The zero-order chi connectivity index (χ0) is 30.3. The van der Waals surface area contributed by atoms with Gasteiger partial charge >= 0.3 is 6.03 Å². The number of amides is 3. The Labute approximate surface area is 261 Å². The van der Waals surface area contributed by atoms with E-state index in [2.05, 4.69) is 15.2 Å². The number of nitrogens with zero attached hydrogens (tertiary/aromatic N) is 4. The highest BCUT2D eigenvalue weighted by Crippen LogP contribution is 2.32. The molecule has 0 bridgehead atoms. The minimum absolute atomic E-state index is 0.00546. The van der Waals surface area contributed by atoms with Crippen molar-refractivity contribution in [2.45, 2.75) is 65.2 Å². The number of hydrogen-bond acceptors (Lipinski definition) is 5. The second-order valence-corrected chi connectivity index (χ2v) is 11.5. The monoisotopic (exact) mass is 619 g/mol. The quantitative estimate of drug-likeness (QED) is 0.388. The van der Waals surface area contributed by atoms with Crippen LogP contribution in [0.15, 0.2) is 36.5 Å². The van der Waals surface area contributed by atoms with E-state index in [0.717, 1.165) is 67.3 Å². The van der Waals surface area contributed by atoms with Crippen LogP contribution in [0.4, 0.5) is 4.79 Å². The lowest BCUT2D eigenvalue weighted by Crippen LogP contribution is -2.46. The summed E-state index contributed by atoms with van der Waals surface area (Å²) in [5.74, 6) is 1.17. The molecule has 8 nitrogen and oxygen atoms in total. The third-order valence-corrected chi connectivity index (χ3v) is 8.46. The molecule has 1 aromatic carbocycles. The van der Waals surface area contributed by atoms with Gasteiger partial charge in [-0.3, -0.25) is 14.7 Å². The maximum absolute atomic E-state index is 12.5. The van der Waals surface area contributed by atoms with Gasteiger partial charge in [-0.1, -0.05) is 43.1 Å². The summed E-state index contributed by atoms with van der Waals surface area (Å²) >= 11 is 11.4. The van der Waals surface area contributed by atoms with Crippen LogP contribution in [-0.4, -0.2) is 90.6 Å². The van der Waals surface area contributed by atoms with E-state index in [4.69, 9.17) is 27.9 Å². The van der Waals surface area contributed by atoms with Crippen LogP contribution in [0.1, 0.15) is 69.5 Å². The fraction of sp³-hybridized carbons (Fsp3) is 0.594. The van der Waals surface area contributed by atoms with E-state index in [9.17, 15) is 9.59 Å². The molecule has 3 saturated heterocycles. The van der Waals surface area contributed by atoms with Crippen LogP contribution in [0.2, 0.25) is 10.0 Å². The first-order valence-corrected chi connectivity index (χ1v) is 16.2. The lowest BCUT2D eigenvalue weighted by molar-refractivity contribution is -0.131. The van der Waals surface area contributed by atoms with Crippen molar-refractivity contribution in [1.29, 1.82) is 0 Å². The van der Waals surface area contributed by atoms with E-state index < -0.39 is 0 Å². The van der Waals surface area contributed by atoms with Gasteiger partial charge in [0.1, 0.15) is 12.4 Å². The van der Waals surface area contributed by atoms with Crippen molar-refractivity contribution in [2.75, 3.05) is 59.0 Å². The Morgan fingerprint density at radius 3 is 2.26 bits per heavy atom. The summed E-state index contributed by atoms with van der Waals surface area (Å²) in [6.07, 6.45) is 8.23. The number of likely N-dealkylation sites (tertiary alicyclic amines) is 3. The van der Waals surface area contributed by atoms with E-state index in [0.29, 0.717) is 30.6 Å². The van der Waals surface area contributed by atoms with Crippen molar-refractivity contribution in [1.82, 2.24) is 25.0 Å². The molecule has 4 heterocycles. The Hall–Kier alpha value is -2.55. The summed E-state index contributed by atoms with van der Waals surface area (Å²) in [6.45, 7) is 13.0. The third-order valence-electron chi connectivity index (χ3n) is 7.82. The van der Waals surface area contributed by atoms with Crippen molar-refractivity contribution < 1.29 is 14.3 Å². The molecule has 2 aromatic rings. The number of carbonyl (C=O) groups excluding carboxylic acids is 2. The molecule has 0 aliphatic carbocycles. The molecule has 3 fully saturated rings. The smallest absolute Gasteiger partial charge is 0.317 e. The number of halogens is 2. The van der Waals surface area contributed by atoms with Gasteiger partial charge in [-0.15, -0.1) is 0 Å². The number of piperidine rings is 1. The largest absolute Gasteiger partial charge is 0.490 e. The summed E-state index contributed by atoms with van der Waals surface area (Å²) in [7, 11) is 0. The van der Waals surface area contributed by atoms with E-state index in [1.165, 1.54) is 25.9 Å². The maximum atomic E-state index is 12.5. The zero-order valence-corrected chi connectivity index (χ0v) is 26.9. The van der Waals surface area contributed by atoms with Crippen molar-refractivity contribution in [3.05, 3.63) is 57.8 Å². The first-order chi connectivity index (χ1) is 20.4. The Bertz CT molecular complexity index is 1120. The molecule has 0 spiro atoms. The molecule has 3 aliphatic heterocycles. The summed E-state index contributed by atoms with van der Waals surface area (Å²) in [4.78, 5) is 35.3. The van der Waals surface area contributed by atoms with Crippen LogP contribution >= 0.6 is 23.2 Å². The number of ether oxygens (including phenoxy) is 1. The Kier molecular flexibility index (Phi) is 14.7. The average molecular weight is 621 g/mol. The van der Waals surface area contributed by atoms with Crippen molar-refractivity contribution in [3.8, 4) is 5.75 Å². The number of aryl methyl sites for hydroxylation is 1. The Morgan fingerprint density at radius 2 is 1.62 bits per heavy atom. The van der Waals surface area contributed by atoms with Gasteiger partial charge < -0.3 is 19.9 Å². The molecule has 0 radical (unpaired) electrons. The SMILES string of the molecule is CC.Cc1ccc(Cl)cc1Cl.O=C(CNC(=O)N1CCCC1)N1CCC(c2ncccc2OCCN2CCCC2)CC1. The standard InChI is InChI=1S/C23H35N5O3.C7H6Cl2.C2H6/c29-21(18-25-23(30)28-12-3-4-13-28)27-14-7-19(8-15-27)22-20(6-5-9-24-22)31-17-16-26-10-1-2-11-26;1-5-2-3-6(8)4-7(5)9;1-2/h5-6,9,19H,1-4,7-8,10-18H2,(H,25,30);2-4H,1H3;1-2H3. The molecule has 1 aromatic heterocycles. The molecule has 232 valence electrons. The van der Waals surface area contributed by atoms with Crippen molar-refractivity contribution in [3.63, 3.8) is 0 Å². The highest BCUT2D eigenvalue weighted by molar-refractivity contribution is 6.35. The number of urea groups is 1. The van der Waals surface area contributed by atoms with Gasteiger partial charge in [-0.2, -0.15) is 0 Å². The number of rotatable bonds is 7. The molecule has 5 rings (SSSR count). The Morgan fingerprint density at radius 1 is 0.952 bits per heavy atom. The minimum Gasteiger partial charge on any atom is -0.490 e. The van der Waals surface area contributed by atoms with Crippen LogP contribution in [0.3, 0.4) is 0 Å². The number of carbonyl (C=O) groups is 2. The first kappa shape index (κ1) is 33.9. The number of pyridine rings is 1. The minimum atomic E-state index is -0.120. The molecule has 0 unspecified atom stereocenters. The number of aromatic nitrogens is 1. The molecule has 3 aliphatic rings. The predicted octanol–water partition coefficient (Wildman–Crippen LogP) is 6.40. The van der Waals surface area contributed by atoms with E-state index in [1.807, 2.05) is 56.1 Å². The molecule has 0 atom stereocenters. The molecule has 42 heavy (non-hydrogen) atoms. The first-order valence-electron chi connectivity index (χ1n) is 15.4. The highest BCUT2D eigenvalue weighted by atomic mass is 35.5. The predicted molar refractivity (Wildman–Crippen MR) is 171 cm³/mol. The topological polar surface area (TPSA) is 78.0 Å². The second kappa shape index (κ2) is 18.2. The molecule has 3 amide bonds. The van der Waals surface area contributed by atoms with Gasteiger partial charge in [-0.25, -0.2) is 4.79 Å². The van der Waals surface area contributed by atoms with Crippen LogP contribution in [0.5, 0.6) is 5.75 Å². The molecule has 1 N–H and O–H groups in total. The second-order valence-electron chi connectivity index (χ2n) is 10.7. The van der Waals surface area contributed by atoms with Crippen molar-refractivity contribution >= 4 is 35.1 Å². The highest BCUT2D eigenvalue weighted by Gasteiger charge is 2.27. The fourth-order valence-corrected chi connectivity index (χ4v) is 5.80. The van der Waals surface area contributed by atoms with Crippen LogP contribution in [-0.2, 0) is 4.79 Å². The van der Waals surface area contributed by atoms with Crippen LogP contribution in [0, 0.1) is 6.92 Å². The molecular formula is C32H47Cl2N5O3. The van der Waals surface area contributed by atoms with E-state index in [1.54, 1.807) is 11.0 Å². The third kappa shape index (κ3) is 10.6.